The Morgan fingerprint density at radius 1 is 0.667 bits per heavy atom. The van der Waals surface area contributed by atoms with Crippen LogP contribution in [0.3, 0.4) is 0 Å². The Bertz CT molecular complexity index is 1850. The van der Waals surface area contributed by atoms with Crippen molar-refractivity contribution in [3.8, 4) is 0 Å². The van der Waals surface area contributed by atoms with Gasteiger partial charge in [-0.3, -0.25) is 9.11 Å². The second-order valence-corrected chi connectivity index (χ2v) is 10.7. The number of carbonyl (C=O) groups excluding carboxylic acids is 1. The van der Waals surface area contributed by atoms with Crippen molar-refractivity contribution in [3.63, 3.8) is 0 Å². The van der Waals surface area contributed by atoms with Crippen LogP contribution in [0.1, 0.15) is 10.4 Å². The molecule has 0 aliphatic heterocycles. The Hall–Kier alpha value is -4.70. The number of carbonyl (C=O) groups is 2. The minimum atomic E-state index is -4.80. The monoisotopic (exact) mass is 570 g/mol. The molecule has 0 saturated heterocycles. The maximum Gasteiger partial charge on any atom is 0.337 e. The van der Waals surface area contributed by atoms with Crippen LogP contribution in [0.4, 0.5) is 27.5 Å². The maximum atomic E-state index is 12.3. The van der Waals surface area contributed by atoms with E-state index in [2.05, 4.69) is 20.9 Å². The summed E-state index contributed by atoms with van der Waals surface area (Å²) in [5.41, 5.74) is 0.470. The summed E-state index contributed by atoms with van der Waals surface area (Å²) in [7, 11) is -9.54. The second kappa shape index (κ2) is 10.6. The van der Waals surface area contributed by atoms with Crippen LogP contribution >= 0.6 is 0 Å². The third-order valence-corrected chi connectivity index (χ3v) is 7.08. The third-order valence-electron chi connectivity index (χ3n) is 5.27. The van der Waals surface area contributed by atoms with Gasteiger partial charge in [-0.25, -0.2) is 9.59 Å². The molecule has 0 saturated carbocycles. The lowest BCUT2D eigenvalue weighted by Crippen LogP contribution is -2.20. The molecule has 39 heavy (non-hydrogen) atoms. The summed E-state index contributed by atoms with van der Waals surface area (Å²) in [5.74, 6) is -1.20. The lowest BCUT2D eigenvalue weighted by Gasteiger charge is -2.10. The molecular weight excluding hydrogens is 552 g/mol. The normalized spacial score (nSPS) is 11.9. The molecule has 0 spiro atoms. The zero-order valence-corrected chi connectivity index (χ0v) is 21.1. The van der Waals surface area contributed by atoms with Crippen molar-refractivity contribution in [1.29, 1.82) is 0 Å². The van der Waals surface area contributed by atoms with Gasteiger partial charge in [-0.1, -0.05) is 24.3 Å². The highest BCUT2D eigenvalue weighted by Gasteiger charge is 2.21. The van der Waals surface area contributed by atoms with Crippen molar-refractivity contribution in [3.05, 3.63) is 84.4 Å². The average molecular weight is 571 g/mol. The molecule has 0 heterocycles. The zero-order valence-electron chi connectivity index (χ0n) is 19.5. The minimum Gasteiger partial charge on any atom is -0.478 e. The highest BCUT2D eigenvalue weighted by atomic mass is 32.2. The quantitative estimate of drug-likeness (QED) is 0.148. The van der Waals surface area contributed by atoms with E-state index in [4.69, 9.17) is 0 Å². The average Bonchev–Trinajstić information content (AvgIpc) is 2.86. The standard InChI is InChI=1S/C24H18N4O9S2/c29-23(30)18-4-1-2-6-20(18)26-24(31)25-14-8-10-15(11-9-14)27-28-16-12-19-17(22(13-16)39(35,36)37)5-3-7-21(19)38(32,33)34/h1-13H,(H,29,30)(H2,25,26,31)(H,32,33,34)(H,35,36,37)/b28-27+. The predicted octanol–water partition coefficient (Wildman–Crippen LogP) is 5.09. The van der Waals surface area contributed by atoms with Crippen molar-refractivity contribution in [2.45, 2.75) is 9.79 Å². The first-order chi connectivity index (χ1) is 18.3. The van der Waals surface area contributed by atoms with Crippen molar-refractivity contribution < 1.29 is 40.6 Å². The van der Waals surface area contributed by atoms with E-state index < -0.39 is 42.0 Å². The number of carboxylic acids is 1. The largest absolute Gasteiger partial charge is 0.478 e. The molecule has 0 aromatic heterocycles. The van der Waals surface area contributed by atoms with E-state index in [1.807, 2.05) is 0 Å². The summed E-state index contributed by atoms with van der Waals surface area (Å²) in [6.07, 6.45) is 0. The van der Waals surface area contributed by atoms with E-state index in [0.29, 0.717) is 5.69 Å². The number of amides is 2. The topological polar surface area (TPSA) is 212 Å². The van der Waals surface area contributed by atoms with Gasteiger partial charge in [-0.15, -0.1) is 0 Å². The van der Waals surface area contributed by atoms with E-state index in [1.54, 1.807) is 6.07 Å². The van der Waals surface area contributed by atoms with Gasteiger partial charge in [-0.05, 0) is 54.6 Å². The number of hydrogen-bond acceptors (Lipinski definition) is 8. The van der Waals surface area contributed by atoms with Crippen molar-refractivity contribution in [2.75, 3.05) is 10.6 Å². The van der Waals surface area contributed by atoms with Gasteiger partial charge in [-0.2, -0.15) is 27.1 Å². The lowest BCUT2D eigenvalue weighted by molar-refractivity contribution is 0.0698. The molecule has 2 amide bonds. The summed E-state index contributed by atoms with van der Waals surface area (Å²) in [6, 6.07) is 16.7. The summed E-state index contributed by atoms with van der Waals surface area (Å²) in [5, 5.41) is 21.7. The number of carboxylic acid groups (broad SMARTS) is 1. The highest BCUT2D eigenvalue weighted by molar-refractivity contribution is 7.86. The van der Waals surface area contributed by atoms with Crippen LogP contribution in [0, 0.1) is 0 Å². The fraction of sp³-hybridized carbons (Fsp3) is 0. The summed E-state index contributed by atoms with van der Waals surface area (Å²) in [4.78, 5) is 22.4. The molecule has 4 aromatic rings. The van der Waals surface area contributed by atoms with Crippen LogP contribution < -0.4 is 10.6 Å². The van der Waals surface area contributed by atoms with Crippen LogP contribution in [0.2, 0.25) is 0 Å². The van der Waals surface area contributed by atoms with Gasteiger partial charge in [0, 0.05) is 16.5 Å². The third kappa shape index (κ3) is 6.42. The Morgan fingerprint density at radius 3 is 1.95 bits per heavy atom. The number of urea groups is 1. The number of rotatable bonds is 7. The van der Waals surface area contributed by atoms with Crippen molar-refractivity contribution in [1.82, 2.24) is 0 Å². The molecule has 13 nitrogen and oxygen atoms in total. The number of para-hydroxylation sites is 1. The van der Waals surface area contributed by atoms with Gasteiger partial charge in [0.05, 0.1) is 22.6 Å². The molecule has 4 rings (SSSR count). The first-order valence-electron chi connectivity index (χ1n) is 10.8. The van der Waals surface area contributed by atoms with Crippen LogP contribution in [0.15, 0.2) is 98.9 Å². The molecule has 0 fully saturated rings. The fourth-order valence-corrected chi connectivity index (χ4v) is 5.02. The Morgan fingerprint density at radius 2 is 1.31 bits per heavy atom. The Balaban J connectivity index is 1.57. The van der Waals surface area contributed by atoms with Crippen molar-refractivity contribution >= 4 is 65.8 Å². The van der Waals surface area contributed by atoms with Crippen LogP contribution in [-0.4, -0.2) is 43.0 Å². The fourth-order valence-electron chi connectivity index (χ4n) is 3.60. The van der Waals surface area contributed by atoms with Gasteiger partial charge in [0.2, 0.25) is 0 Å². The first kappa shape index (κ1) is 27.3. The van der Waals surface area contributed by atoms with E-state index in [-0.39, 0.29) is 33.4 Å². The molecule has 0 aliphatic carbocycles. The molecule has 4 aromatic carbocycles. The Labute approximate surface area is 221 Å². The highest BCUT2D eigenvalue weighted by Crippen LogP contribution is 2.33. The van der Waals surface area contributed by atoms with Gasteiger partial charge < -0.3 is 15.7 Å². The Kier molecular flexibility index (Phi) is 7.42. The first-order valence-corrected chi connectivity index (χ1v) is 13.6. The van der Waals surface area contributed by atoms with E-state index in [0.717, 1.165) is 12.1 Å². The SMILES string of the molecule is O=C(Nc1ccc(/N=N/c2cc(S(=O)(=O)O)c3cccc(S(=O)(=O)O)c3c2)cc1)Nc1ccccc1C(=O)O. The molecule has 0 aliphatic rings. The maximum absolute atomic E-state index is 12.3. The van der Waals surface area contributed by atoms with E-state index in [1.165, 1.54) is 60.7 Å². The molecule has 0 bridgehead atoms. The molecule has 0 radical (unpaired) electrons. The molecule has 0 unspecified atom stereocenters. The predicted molar refractivity (Wildman–Crippen MR) is 140 cm³/mol. The number of anilines is 2. The number of nitrogens with zero attached hydrogens (tertiary/aromatic N) is 2. The number of azo groups is 1. The van der Waals surface area contributed by atoms with E-state index in [9.17, 15) is 40.6 Å². The van der Waals surface area contributed by atoms with Crippen molar-refractivity contribution in [2.24, 2.45) is 10.2 Å². The number of hydrogen-bond donors (Lipinski definition) is 5. The van der Waals surface area contributed by atoms with Gasteiger partial charge >= 0.3 is 12.0 Å². The number of fused-ring (bicyclic) bond motifs is 1. The summed E-state index contributed by atoms with van der Waals surface area (Å²) in [6.45, 7) is 0. The molecule has 15 heteroatoms. The van der Waals surface area contributed by atoms with Crippen LogP contribution in [0.25, 0.3) is 10.8 Å². The van der Waals surface area contributed by atoms with Gasteiger partial charge in [0.15, 0.2) is 0 Å². The molecule has 0 atom stereocenters. The van der Waals surface area contributed by atoms with Crippen LogP contribution in [0.5, 0.6) is 0 Å². The number of nitrogens with one attached hydrogen (secondary N) is 2. The van der Waals surface area contributed by atoms with Gasteiger partial charge in [0.25, 0.3) is 20.2 Å². The number of benzene rings is 4. The minimum absolute atomic E-state index is 0.0852. The van der Waals surface area contributed by atoms with Gasteiger partial charge in [0.1, 0.15) is 9.79 Å². The number of aromatic carboxylic acids is 1. The summed E-state index contributed by atoms with van der Waals surface area (Å²) >= 11 is 0. The van der Waals surface area contributed by atoms with Crippen LogP contribution in [-0.2, 0) is 20.2 Å². The second-order valence-electron chi connectivity index (χ2n) is 7.92. The summed E-state index contributed by atoms with van der Waals surface area (Å²) < 4.78 is 66.6. The zero-order chi connectivity index (χ0) is 28.4. The molecule has 5 N–H and O–H groups in total. The molecular formula is C24H18N4O9S2. The van der Waals surface area contributed by atoms with E-state index >= 15 is 0 Å². The smallest absolute Gasteiger partial charge is 0.337 e. The lowest BCUT2D eigenvalue weighted by atomic mass is 10.1. The molecule has 200 valence electrons.